The highest BCUT2D eigenvalue weighted by Gasteiger charge is 2.25. The molecule has 1 N–H and O–H groups in total. The molecule has 8 heteroatoms. The fraction of sp³-hybridized carbons (Fsp3) is 0.345. The van der Waals surface area contributed by atoms with E-state index < -0.39 is 0 Å². The van der Waals surface area contributed by atoms with Crippen molar-refractivity contribution < 1.29 is 14.2 Å². The predicted molar refractivity (Wildman–Crippen MR) is 145 cm³/mol. The second-order valence-electron chi connectivity index (χ2n) is 9.34. The number of benzene rings is 2. The molecule has 1 fully saturated rings. The van der Waals surface area contributed by atoms with Crippen LogP contribution in [0.5, 0.6) is 5.75 Å². The summed E-state index contributed by atoms with van der Waals surface area (Å²) in [4.78, 5) is 1.14. The molecule has 1 aliphatic carbocycles. The molecule has 1 aliphatic heterocycles. The lowest BCUT2D eigenvalue weighted by Crippen LogP contribution is -2.23. The van der Waals surface area contributed by atoms with Crippen molar-refractivity contribution in [3.8, 4) is 17.1 Å². The molecule has 2 atom stereocenters. The molecule has 2 aliphatic rings. The second-order valence-corrected chi connectivity index (χ2v) is 10.5. The van der Waals surface area contributed by atoms with Crippen molar-refractivity contribution in [1.29, 1.82) is 5.41 Å². The average Bonchev–Trinajstić information content (AvgIpc) is 3.37. The van der Waals surface area contributed by atoms with Gasteiger partial charge in [-0.05, 0) is 50.3 Å². The van der Waals surface area contributed by atoms with Crippen LogP contribution in [0.3, 0.4) is 0 Å². The Balaban J connectivity index is 1.20. The number of aromatic nitrogens is 3. The van der Waals surface area contributed by atoms with Gasteiger partial charge in [0.25, 0.3) is 0 Å². The Bertz CT molecular complexity index is 1400. The summed E-state index contributed by atoms with van der Waals surface area (Å²) in [5.74, 6) is 2.37. The van der Waals surface area contributed by atoms with Crippen molar-refractivity contribution in [2.75, 3.05) is 19.0 Å². The van der Waals surface area contributed by atoms with Crippen LogP contribution in [0.15, 0.2) is 71.8 Å². The van der Waals surface area contributed by atoms with E-state index in [1.54, 1.807) is 11.8 Å². The SMILES string of the molecule is N=C1CC[C@H](Oc2ccc3nnc(-c4ccccc4SCCOC4CCCCO4)n3c2)c2ccccc21. The third-order valence-corrected chi connectivity index (χ3v) is 7.89. The Morgan fingerprint density at radius 2 is 1.84 bits per heavy atom. The van der Waals surface area contributed by atoms with Crippen molar-refractivity contribution in [3.05, 3.63) is 78.0 Å². The van der Waals surface area contributed by atoms with Gasteiger partial charge < -0.3 is 19.6 Å². The van der Waals surface area contributed by atoms with Gasteiger partial charge in [-0.2, -0.15) is 0 Å². The molecule has 6 rings (SSSR count). The first kappa shape index (κ1) is 24.2. The molecular formula is C29H30N4O3S. The smallest absolute Gasteiger partial charge is 0.169 e. The molecule has 0 bridgehead atoms. The largest absolute Gasteiger partial charge is 0.484 e. The number of pyridine rings is 1. The minimum Gasteiger partial charge on any atom is -0.484 e. The topological polar surface area (TPSA) is 81.7 Å². The molecule has 0 spiro atoms. The first-order valence-electron chi connectivity index (χ1n) is 12.9. The van der Waals surface area contributed by atoms with Gasteiger partial charge in [0.2, 0.25) is 0 Å². The Kier molecular flexibility index (Phi) is 7.21. The highest BCUT2D eigenvalue weighted by atomic mass is 32.2. The maximum atomic E-state index is 8.29. The van der Waals surface area contributed by atoms with Gasteiger partial charge in [-0.15, -0.1) is 22.0 Å². The van der Waals surface area contributed by atoms with E-state index in [1.807, 2.05) is 53.1 Å². The Hall–Kier alpha value is -3.20. The van der Waals surface area contributed by atoms with Crippen molar-refractivity contribution >= 4 is 23.1 Å². The molecule has 0 saturated carbocycles. The van der Waals surface area contributed by atoms with E-state index in [1.165, 1.54) is 6.42 Å². The summed E-state index contributed by atoms with van der Waals surface area (Å²) in [5.41, 5.74) is 4.53. The van der Waals surface area contributed by atoms with Gasteiger partial charge in [-0.25, -0.2) is 0 Å². The number of thioether (sulfide) groups is 1. The number of rotatable bonds is 8. The Morgan fingerprint density at radius 3 is 2.73 bits per heavy atom. The van der Waals surface area contributed by atoms with E-state index in [9.17, 15) is 0 Å². The fourth-order valence-electron chi connectivity index (χ4n) is 4.98. The van der Waals surface area contributed by atoms with E-state index in [0.717, 1.165) is 70.4 Å². The van der Waals surface area contributed by atoms with Gasteiger partial charge in [-0.1, -0.05) is 42.5 Å². The molecule has 0 radical (unpaired) electrons. The van der Waals surface area contributed by atoms with Gasteiger partial charge in [0.15, 0.2) is 17.8 Å². The van der Waals surface area contributed by atoms with Crippen LogP contribution in [0.4, 0.5) is 0 Å². The highest BCUT2D eigenvalue weighted by Crippen LogP contribution is 2.35. The number of ether oxygens (including phenoxy) is 3. The summed E-state index contributed by atoms with van der Waals surface area (Å²) in [6, 6.07) is 20.2. The molecule has 1 saturated heterocycles. The predicted octanol–water partition coefficient (Wildman–Crippen LogP) is 6.31. The lowest BCUT2D eigenvalue weighted by Gasteiger charge is -2.26. The summed E-state index contributed by atoms with van der Waals surface area (Å²) in [6.45, 7) is 1.44. The van der Waals surface area contributed by atoms with E-state index in [0.29, 0.717) is 18.7 Å². The molecule has 7 nitrogen and oxygen atoms in total. The van der Waals surface area contributed by atoms with Crippen LogP contribution in [0, 0.1) is 5.41 Å². The van der Waals surface area contributed by atoms with Crippen LogP contribution in [0.2, 0.25) is 0 Å². The van der Waals surface area contributed by atoms with Crippen molar-refractivity contribution in [2.45, 2.75) is 49.4 Å². The number of nitrogens with zero attached hydrogens (tertiary/aromatic N) is 3. The Morgan fingerprint density at radius 1 is 0.973 bits per heavy atom. The van der Waals surface area contributed by atoms with Gasteiger partial charge in [-0.3, -0.25) is 4.40 Å². The zero-order chi connectivity index (χ0) is 25.0. The normalized spacial score (nSPS) is 19.6. The third-order valence-electron chi connectivity index (χ3n) is 6.85. The van der Waals surface area contributed by atoms with Crippen molar-refractivity contribution in [1.82, 2.24) is 14.6 Å². The molecule has 0 amide bonds. The summed E-state index contributed by atoms with van der Waals surface area (Å²) >= 11 is 1.75. The number of hydrogen-bond acceptors (Lipinski definition) is 7. The van der Waals surface area contributed by atoms with Crippen LogP contribution in [0.1, 0.15) is 49.3 Å². The highest BCUT2D eigenvalue weighted by molar-refractivity contribution is 7.99. The molecule has 2 aromatic carbocycles. The fourth-order valence-corrected chi connectivity index (χ4v) is 5.87. The van der Waals surface area contributed by atoms with Crippen LogP contribution < -0.4 is 4.74 Å². The number of fused-ring (bicyclic) bond motifs is 2. The summed E-state index contributed by atoms with van der Waals surface area (Å²) < 4.78 is 20.1. The molecule has 1 unspecified atom stereocenters. The lowest BCUT2D eigenvalue weighted by molar-refractivity contribution is -0.158. The summed E-state index contributed by atoms with van der Waals surface area (Å²) in [7, 11) is 0. The first-order chi connectivity index (χ1) is 18.3. The van der Waals surface area contributed by atoms with Gasteiger partial charge in [0.1, 0.15) is 11.9 Å². The minimum atomic E-state index is -0.0846. The van der Waals surface area contributed by atoms with E-state index in [4.69, 9.17) is 19.6 Å². The zero-order valence-corrected chi connectivity index (χ0v) is 21.5. The minimum absolute atomic E-state index is 0.0646. The Labute approximate surface area is 220 Å². The van der Waals surface area contributed by atoms with E-state index in [-0.39, 0.29) is 12.4 Å². The maximum Gasteiger partial charge on any atom is 0.169 e. The monoisotopic (exact) mass is 514 g/mol. The van der Waals surface area contributed by atoms with Crippen LogP contribution in [0.25, 0.3) is 17.0 Å². The van der Waals surface area contributed by atoms with Crippen LogP contribution in [-0.2, 0) is 9.47 Å². The number of hydrogen-bond donors (Lipinski definition) is 1. The van der Waals surface area contributed by atoms with Crippen molar-refractivity contribution in [3.63, 3.8) is 0 Å². The quantitative estimate of drug-likeness (QED) is 0.219. The lowest BCUT2D eigenvalue weighted by atomic mass is 9.88. The van der Waals surface area contributed by atoms with E-state index >= 15 is 0 Å². The summed E-state index contributed by atoms with van der Waals surface area (Å²) in [6.07, 6.45) is 6.59. The second kappa shape index (κ2) is 11.0. The third kappa shape index (κ3) is 5.28. The molecule has 37 heavy (non-hydrogen) atoms. The van der Waals surface area contributed by atoms with Gasteiger partial charge >= 0.3 is 0 Å². The molecular weight excluding hydrogens is 484 g/mol. The zero-order valence-electron chi connectivity index (χ0n) is 20.6. The van der Waals surface area contributed by atoms with Gasteiger partial charge in [0, 0.05) is 39.7 Å². The van der Waals surface area contributed by atoms with Crippen LogP contribution >= 0.6 is 11.8 Å². The van der Waals surface area contributed by atoms with Crippen LogP contribution in [-0.4, -0.2) is 45.6 Å². The average molecular weight is 515 g/mol. The summed E-state index contributed by atoms with van der Waals surface area (Å²) in [5, 5.41) is 17.2. The number of nitrogens with one attached hydrogen (secondary N) is 1. The molecule has 190 valence electrons. The van der Waals surface area contributed by atoms with Gasteiger partial charge in [0.05, 0.1) is 12.8 Å². The van der Waals surface area contributed by atoms with E-state index in [2.05, 4.69) is 28.4 Å². The first-order valence-corrected chi connectivity index (χ1v) is 13.9. The molecule has 3 heterocycles. The molecule has 4 aromatic rings. The maximum absolute atomic E-state index is 8.29. The molecule has 2 aromatic heterocycles. The standard InChI is InChI=1S/C29H30N4O3S/c30-24-13-14-25(22-8-2-1-7-21(22)24)36-20-12-15-27-31-32-29(33(27)19-20)23-9-3-4-10-26(23)37-18-17-35-28-11-5-6-16-34-28/h1-4,7-10,12,15,19,25,28,30H,5-6,11,13-14,16-18H2/t25-,28?/m0/s1. The van der Waals surface area contributed by atoms with Crippen molar-refractivity contribution in [2.24, 2.45) is 0 Å².